The number of carboxylic acid groups (broad SMARTS) is 1. The first-order chi connectivity index (χ1) is 9.51. The van der Waals surface area contributed by atoms with Crippen molar-refractivity contribution in [2.75, 3.05) is 0 Å². The third-order valence-corrected chi connectivity index (χ3v) is 2.63. The summed E-state index contributed by atoms with van der Waals surface area (Å²) in [5.74, 6) is -0.530. The van der Waals surface area contributed by atoms with Gasteiger partial charge in [-0.15, -0.1) is 0 Å². The molecule has 0 saturated heterocycles. The van der Waals surface area contributed by atoms with Gasteiger partial charge in [0.2, 0.25) is 5.88 Å². The number of aromatic nitrogens is 2. The molecule has 6 heteroatoms. The van der Waals surface area contributed by atoms with Crippen molar-refractivity contribution in [3.63, 3.8) is 0 Å². The fourth-order valence-electron chi connectivity index (χ4n) is 1.78. The molecule has 0 unspecified atom stereocenters. The van der Waals surface area contributed by atoms with Crippen LogP contribution in [0.25, 0.3) is 0 Å². The molecule has 0 aliphatic carbocycles. The van der Waals surface area contributed by atoms with Crippen molar-refractivity contribution in [1.82, 2.24) is 9.97 Å². The van der Waals surface area contributed by atoms with Gasteiger partial charge in [-0.25, -0.2) is 9.78 Å². The molecule has 6 nitrogen and oxygen atoms in total. The molecule has 1 N–H and O–H groups in total. The number of benzene rings is 1. The van der Waals surface area contributed by atoms with Gasteiger partial charge in [-0.3, -0.25) is 4.98 Å². The molecule has 20 heavy (non-hydrogen) atoms. The highest BCUT2D eigenvalue weighted by Crippen LogP contribution is 2.28. The second kappa shape index (κ2) is 5.36. The molecule has 0 atom stereocenters. The number of nitriles is 1. The minimum absolute atomic E-state index is 0.0980. The van der Waals surface area contributed by atoms with Crippen molar-refractivity contribution in [2.45, 2.75) is 13.8 Å². The van der Waals surface area contributed by atoms with Gasteiger partial charge in [0.25, 0.3) is 0 Å². The molecule has 1 aromatic carbocycles. The summed E-state index contributed by atoms with van der Waals surface area (Å²) < 4.78 is 5.58. The number of aromatic carboxylic acids is 1. The van der Waals surface area contributed by atoms with E-state index >= 15 is 0 Å². The topological polar surface area (TPSA) is 96.1 Å². The van der Waals surface area contributed by atoms with Crippen LogP contribution in [0.2, 0.25) is 0 Å². The summed E-state index contributed by atoms with van der Waals surface area (Å²) in [6.45, 7) is 3.61. The van der Waals surface area contributed by atoms with E-state index in [9.17, 15) is 4.79 Å². The van der Waals surface area contributed by atoms with Gasteiger partial charge in [0.05, 0.1) is 24.0 Å². The lowest BCUT2D eigenvalue weighted by Crippen LogP contribution is -2.03. The van der Waals surface area contributed by atoms with Gasteiger partial charge in [0.15, 0.2) is 5.69 Å². The second-order valence-corrected chi connectivity index (χ2v) is 4.20. The quantitative estimate of drug-likeness (QED) is 0.919. The molecule has 1 heterocycles. The Kier molecular flexibility index (Phi) is 3.62. The molecule has 0 aliphatic rings. The molecule has 100 valence electrons. The van der Waals surface area contributed by atoms with E-state index in [0.29, 0.717) is 11.3 Å². The van der Waals surface area contributed by atoms with Gasteiger partial charge in [0, 0.05) is 0 Å². The molecule has 0 bridgehead atoms. The van der Waals surface area contributed by atoms with Crippen molar-refractivity contribution >= 4 is 5.97 Å². The zero-order chi connectivity index (χ0) is 14.7. The molecule has 2 rings (SSSR count). The Balaban J connectivity index is 2.38. The fourth-order valence-corrected chi connectivity index (χ4v) is 1.78. The summed E-state index contributed by atoms with van der Waals surface area (Å²) in [6, 6.07) is 5.45. The first-order valence-corrected chi connectivity index (χ1v) is 5.76. The van der Waals surface area contributed by atoms with Crippen LogP contribution in [-0.4, -0.2) is 21.0 Å². The highest BCUT2D eigenvalue weighted by Gasteiger charge is 2.11. The molecule has 0 saturated carbocycles. The molecule has 2 aromatic rings. The molecule has 1 aromatic heterocycles. The second-order valence-electron chi connectivity index (χ2n) is 4.20. The van der Waals surface area contributed by atoms with Crippen LogP contribution in [-0.2, 0) is 0 Å². The first-order valence-electron chi connectivity index (χ1n) is 5.76. The maximum absolute atomic E-state index is 10.8. The monoisotopic (exact) mass is 269 g/mol. The largest absolute Gasteiger partial charge is 0.476 e. The summed E-state index contributed by atoms with van der Waals surface area (Å²) in [6.07, 6.45) is 2.48. The first kappa shape index (κ1) is 13.5. The molecular formula is C14H11N3O3. The number of hydrogen-bond acceptors (Lipinski definition) is 5. The molecule has 0 fully saturated rings. The van der Waals surface area contributed by atoms with E-state index in [1.807, 2.05) is 0 Å². The Hall–Kier alpha value is -2.94. The summed E-state index contributed by atoms with van der Waals surface area (Å²) in [7, 11) is 0. The Morgan fingerprint density at radius 3 is 2.50 bits per heavy atom. The summed E-state index contributed by atoms with van der Waals surface area (Å²) in [5, 5.41) is 17.7. The third-order valence-electron chi connectivity index (χ3n) is 2.63. The summed E-state index contributed by atoms with van der Waals surface area (Å²) in [4.78, 5) is 18.4. The average molecular weight is 269 g/mol. The standard InChI is InChI=1S/C14H11N3O3/c1-8-3-10(5-15)4-9(2)13(8)20-12-7-16-6-11(17-12)14(18)19/h3-4,6-7H,1-2H3,(H,18,19). The van der Waals surface area contributed by atoms with Crippen molar-refractivity contribution in [2.24, 2.45) is 0 Å². The number of ether oxygens (including phenoxy) is 1. The maximum atomic E-state index is 10.8. The lowest BCUT2D eigenvalue weighted by atomic mass is 10.1. The van der Waals surface area contributed by atoms with Crippen LogP contribution < -0.4 is 4.74 Å². The van der Waals surface area contributed by atoms with Crippen LogP contribution in [0, 0.1) is 25.2 Å². The van der Waals surface area contributed by atoms with Crippen molar-refractivity contribution in [3.05, 3.63) is 46.9 Å². The number of carboxylic acids is 1. The molecule has 0 aliphatic heterocycles. The van der Waals surface area contributed by atoms with Crippen LogP contribution >= 0.6 is 0 Å². The Morgan fingerprint density at radius 1 is 1.30 bits per heavy atom. The third kappa shape index (κ3) is 2.72. The van der Waals surface area contributed by atoms with E-state index in [1.165, 1.54) is 6.20 Å². The SMILES string of the molecule is Cc1cc(C#N)cc(C)c1Oc1cncc(C(=O)O)n1. The van der Waals surface area contributed by atoms with Gasteiger partial charge < -0.3 is 9.84 Å². The van der Waals surface area contributed by atoms with E-state index in [0.717, 1.165) is 17.3 Å². The Bertz CT molecular complexity index is 697. The predicted molar refractivity (Wildman–Crippen MR) is 69.7 cm³/mol. The van der Waals surface area contributed by atoms with E-state index < -0.39 is 5.97 Å². The zero-order valence-electron chi connectivity index (χ0n) is 10.9. The van der Waals surface area contributed by atoms with Crippen molar-refractivity contribution in [3.8, 4) is 17.7 Å². The van der Waals surface area contributed by atoms with Crippen LogP contribution in [0.5, 0.6) is 11.6 Å². The van der Waals surface area contributed by atoms with Gasteiger partial charge in [-0.05, 0) is 37.1 Å². The lowest BCUT2D eigenvalue weighted by Gasteiger charge is -2.11. The van der Waals surface area contributed by atoms with E-state index in [1.54, 1.807) is 26.0 Å². The number of rotatable bonds is 3. The van der Waals surface area contributed by atoms with Crippen LogP contribution in [0.3, 0.4) is 0 Å². The van der Waals surface area contributed by atoms with E-state index in [4.69, 9.17) is 15.1 Å². The van der Waals surface area contributed by atoms with Crippen LogP contribution in [0.1, 0.15) is 27.2 Å². The number of nitrogens with zero attached hydrogens (tertiary/aromatic N) is 3. The minimum atomic E-state index is -1.17. The van der Waals surface area contributed by atoms with E-state index in [-0.39, 0.29) is 11.6 Å². The van der Waals surface area contributed by atoms with Crippen LogP contribution in [0.15, 0.2) is 24.5 Å². The van der Waals surface area contributed by atoms with E-state index in [2.05, 4.69) is 16.0 Å². The Labute approximate surface area is 115 Å². The van der Waals surface area contributed by atoms with Gasteiger partial charge in [-0.1, -0.05) is 0 Å². The molecule has 0 amide bonds. The van der Waals surface area contributed by atoms with Crippen molar-refractivity contribution < 1.29 is 14.6 Å². The number of carbonyl (C=O) groups is 1. The minimum Gasteiger partial charge on any atom is -0.476 e. The Morgan fingerprint density at radius 2 is 1.95 bits per heavy atom. The van der Waals surface area contributed by atoms with Gasteiger partial charge in [-0.2, -0.15) is 5.26 Å². The van der Waals surface area contributed by atoms with Gasteiger partial charge >= 0.3 is 5.97 Å². The highest BCUT2D eigenvalue weighted by atomic mass is 16.5. The number of aryl methyl sites for hydroxylation is 2. The van der Waals surface area contributed by atoms with Crippen molar-refractivity contribution in [1.29, 1.82) is 5.26 Å². The molecular weight excluding hydrogens is 258 g/mol. The van der Waals surface area contributed by atoms with Gasteiger partial charge in [0.1, 0.15) is 5.75 Å². The summed E-state index contributed by atoms with van der Waals surface area (Å²) in [5.41, 5.74) is 1.89. The normalized spacial score (nSPS) is 9.85. The molecule has 0 spiro atoms. The average Bonchev–Trinajstić information content (AvgIpc) is 2.42. The lowest BCUT2D eigenvalue weighted by molar-refractivity contribution is 0.0689. The zero-order valence-corrected chi connectivity index (χ0v) is 10.9. The van der Waals surface area contributed by atoms with Crippen LogP contribution in [0.4, 0.5) is 0 Å². The maximum Gasteiger partial charge on any atom is 0.356 e. The summed E-state index contributed by atoms with van der Waals surface area (Å²) >= 11 is 0. The number of hydrogen-bond donors (Lipinski definition) is 1. The fraction of sp³-hybridized carbons (Fsp3) is 0.143. The highest BCUT2D eigenvalue weighted by molar-refractivity contribution is 5.84. The smallest absolute Gasteiger partial charge is 0.356 e. The predicted octanol–water partition coefficient (Wildman–Crippen LogP) is 2.46. The molecule has 0 radical (unpaired) electrons.